The van der Waals surface area contributed by atoms with Crippen LogP contribution in [0, 0.1) is 0 Å². The molecule has 0 aliphatic rings. The van der Waals surface area contributed by atoms with E-state index in [1.165, 1.54) is 12.1 Å². The van der Waals surface area contributed by atoms with E-state index in [0.29, 0.717) is 24.5 Å². The van der Waals surface area contributed by atoms with Crippen molar-refractivity contribution in [2.75, 3.05) is 37.4 Å². The van der Waals surface area contributed by atoms with Gasteiger partial charge in [0.1, 0.15) is 0 Å². The van der Waals surface area contributed by atoms with Gasteiger partial charge in [0.15, 0.2) is 0 Å². The van der Waals surface area contributed by atoms with Gasteiger partial charge in [0.25, 0.3) is 6.43 Å². The van der Waals surface area contributed by atoms with Crippen molar-refractivity contribution in [1.29, 1.82) is 0 Å². The minimum Gasteiger partial charge on any atom is -0.399 e. The van der Waals surface area contributed by atoms with Gasteiger partial charge in [-0.05, 0) is 18.2 Å². The molecule has 0 heterocycles. The number of rotatable bonds is 7. The van der Waals surface area contributed by atoms with E-state index in [2.05, 4.69) is 5.32 Å². The summed E-state index contributed by atoms with van der Waals surface area (Å²) in [4.78, 5) is 0. The summed E-state index contributed by atoms with van der Waals surface area (Å²) in [6.45, 7) is 0.923. The smallest absolute Gasteiger partial charge is 0.265 e. The molecule has 0 spiro atoms. The quantitative estimate of drug-likeness (QED) is 0.505. The first-order chi connectivity index (χ1) is 8.15. The lowest BCUT2D eigenvalue weighted by Gasteiger charge is -2.12. The van der Waals surface area contributed by atoms with E-state index in [4.69, 9.17) is 15.6 Å². The number of benzene rings is 1. The van der Waals surface area contributed by atoms with Crippen molar-refractivity contribution in [3.05, 3.63) is 23.8 Å². The van der Waals surface area contributed by atoms with E-state index in [1.54, 1.807) is 6.07 Å². The van der Waals surface area contributed by atoms with E-state index >= 15 is 0 Å². The zero-order valence-electron chi connectivity index (χ0n) is 9.33. The maximum absolute atomic E-state index is 12.7. The van der Waals surface area contributed by atoms with Crippen LogP contribution in [0.5, 0.6) is 0 Å². The van der Waals surface area contributed by atoms with Crippen molar-refractivity contribution in [3.63, 3.8) is 0 Å². The zero-order valence-corrected chi connectivity index (χ0v) is 9.33. The average molecular weight is 246 g/mol. The van der Waals surface area contributed by atoms with Crippen molar-refractivity contribution in [2.24, 2.45) is 0 Å². The second-order valence-electron chi connectivity index (χ2n) is 3.41. The van der Waals surface area contributed by atoms with Gasteiger partial charge in [-0.3, -0.25) is 0 Å². The van der Waals surface area contributed by atoms with Crippen LogP contribution < -0.4 is 11.1 Å². The lowest BCUT2D eigenvalue weighted by atomic mass is 10.1. The third-order valence-electron chi connectivity index (χ3n) is 2.11. The number of ether oxygens (including phenoxy) is 1. The molecule has 6 heteroatoms. The molecule has 4 nitrogen and oxygen atoms in total. The van der Waals surface area contributed by atoms with Crippen LogP contribution in [0.25, 0.3) is 0 Å². The molecule has 0 aliphatic carbocycles. The largest absolute Gasteiger partial charge is 0.399 e. The normalized spacial score (nSPS) is 10.8. The number of nitrogens with one attached hydrogen (secondary N) is 1. The van der Waals surface area contributed by atoms with Gasteiger partial charge in [0.05, 0.1) is 19.8 Å². The van der Waals surface area contributed by atoms with Crippen molar-refractivity contribution in [1.82, 2.24) is 0 Å². The van der Waals surface area contributed by atoms with Gasteiger partial charge in [-0.15, -0.1) is 0 Å². The number of nitrogen functional groups attached to an aromatic ring is 1. The molecule has 1 aromatic rings. The SMILES string of the molecule is Nc1ccc(NCCOCCO)c(C(F)F)c1. The molecule has 0 amide bonds. The fraction of sp³-hybridized carbons (Fsp3) is 0.455. The summed E-state index contributed by atoms with van der Waals surface area (Å²) in [5.41, 5.74) is 5.98. The molecular formula is C11H16F2N2O2. The number of aliphatic hydroxyl groups is 1. The monoisotopic (exact) mass is 246 g/mol. The second-order valence-corrected chi connectivity index (χ2v) is 3.41. The van der Waals surface area contributed by atoms with Crippen LogP contribution in [-0.4, -0.2) is 31.5 Å². The fourth-order valence-electron chi connectivity index (χ4n) is 1.35. The second kappa shape index (κ2) is 7.03. The predicted octanol–water partition coefficient (Wildman–Crippen LogP) is 1.63. The van der Waals surface area contributed by atoms with Gasteiger partial charge in [0.2, 0.25) is 0 Å². The number of halogens is 2. The van der Waals surface area contributed by atoms with Crippen LogP contribution in [0.1, 0.15) is 12.0 Å². The Morgan fingerprint density at radius 2 is 2.12 bits per heavy atom. The molecule has 0 atom stereocenters. The first kappa shape index (κ1) is 13.7. The highest BCUT2D eigenvalue weighted by molar-refractivity contribution is 5.58. The highest BCUT2D eigenvalue weighted by Crippen LogP contribution is 2.28. The lowest BCUT2D eigenvalue weighted by Crippen LogP contribution is -2.12. The Balaban J connectivity index is 2.52. The van der Waals surface area contributed by atoms with Crippen LogP contribution in [0.2, 0.25) is 0 Å². The topological polar surface area (TPSA) is 67.5 Å². The highest BCUT2D eigenvalue weighted by Gasteiger charge is 2.12. The van der Waals surface area contributed by atoms with E-state index < -0.39 is 6.43 Å². The minimum absolute atomic E-state index is 0.0514. The standard InChI is InChI=1S/C11H16F2N2O2/c12-11(13)9-7-8(14)1-2-10(9)15-3-5-17-6-4-16/h1-2,7,11,15-16H,3-6,14H2. The molecule has 0 saturated heterocycles. The molecular weight excluding hydrogens is 230 g/mol. The molecule has 0 bridgehead atoms. The van der Waals surface area contributed by atoms with Crippen LogP contribution in [0.3, 0.4) is 0 Å². The van der Waals surface area contributed by atoms with Gasteiger partial charge in [0, 0.05) is 23.5 Å². The Morgan fingerprint density at radius 1 is 1.35 bits per heavy atom. The third kappa shape index (κ3) is 4.54. The Morgan fingerprint density at radius 3 is 2.76 bits per heavy atom. The maximum atomic E-state index is 12.7. The fourth-order valence-corrected chi connectivity index (χ4v) is 1.35. The minimum atomic E-state index is -2.57. The van der Waals surface area contributed by atoms with Crippen molar-refractivity contribution in [3.8, 4) is 0 Å². The van der Waals surface area contributed by atoms with Gasteiger partial charge in [-0.25, -0.2) is 8.78 Å². The number of hydrogen-bond donors (Lipinski definition) is 3. The van der Waals surface area contributed by atoms with Crippen molar-refractivity contribution < 1.29 is 18.6 Å². The summed E-state index contributed by atoms with van der Waals surface area (Å²) >= 11 is 0. The summed E-state index contributed by atoms with van der Waals surface area (Å²) in [6, 6.07) is 4.33. The summed E-state index contributed by atoms with van der Waals surface area (Å²) in [7, 11) is 0. The molecule has 0 unspecified atom stereocenters. The molecule has 1 aromatic carbocycles. The van der Waals surface area contributed by atoms with E-state index in [0.717, 1.165) is 0 Å². The molecule has 0 aromatic heterocycles. The Labute approximate surface area is 98.4 Å². The number of alkyl halides is 2. The van der Waals surface area contributed by atoms with Crippen LogP contribution >= 0.6 is 0 Å². The van der Waals surface area contributed by atoms with E-state index in [9.17, 15) is 8.78 Å². The molecule has 96 valence electrons. The summed E-state index contributed by atoms with van der Waals surface area (Å²) in [5, 5.41) is 11.3. The van der Waals surface area contributed by atoms with Gasteiger partial charge < -0.3 is 20.9 Å². The van der Waals surface area contributed by atoms with Gasteiger partial charge in [-0.1, -0.05) is 0 Å². The Bertz CT molecular complexity index is 348. The van der Waals surface area contributed by atoms with Crippen molar-refractivity contribution >= 4 is 11.4 Å². The molecule has 0 saturated carbocycles. The molecule has 0 fully saturated rings. The highest BCUT2D eigenvalue weighted by atomic mass is 19.3. The molecule has 1 rings (SSSR count). The average Bonchev–Trinajstić information content (AvgIpc) is 2.30. The van der Waals surface area contributed by atoms with Gasteiger partial charge in [-0.2, -0.15) is 0 Å². The first-order valence-corrected chi connectivity index (χ1v) is 5.25. The first-order valence-electron chi connectivity index (χ1n) is 5.25. The van der Waals surface area contributed by atoms with Crippen LogP contribution in [0.15, 0.2) is 18.2 Å². The summed E-state index contributed by atoms with van der Waals surface area (Å²) < 4.78 is 30.4. The molecule has 0 radical (unpaired) electrons. The number of nitrogens with two attached hydrogens (primary N) is 1. The van der Waals surface area contributed by atoms with Crippen LogP contribution in [-0.2, 0) is 4.74 Å². The van der Waals surface area contributed by atoms with E-state index in [1.807, 2.05) is 0 Å². The van der Waals surface area contributed by atoms with Crippen LogP contribution in [0.4, 0.5) is 20.2 Å². The maximum Gasteiger partial charge on any atom is 0.265 e. The molecule has 17 heavy (non-hydrogen) atoms. The Hall–Kier alpha value is -1.40. The van der Waals surface area contributed by atoms with Crippen molar-refractivity contribution in [2.45, 2.75) is 6.43 Å². The summed E-state index contributed by atoms with van der Waals surface area (Å²) in [5.74, 6) is 0. The van der Waals surface area contributed by atoms with Gasteiger partial charge >= 0.3 is 0 Å². The third-order valence-corrected chi connectivity index (χ3v) is 2.11. The zero-order chi connectivity index (χ0) is 12.7. The predicted molar refractivity (Wildman–Crippen MR) is 62.2 cm³/mol. The lowest BCUT2D eigenvalue weighted by molar-refractivity contribution is 0.0991. The summed E-state index contributed by atoms with van der Waals surface area (Å²) in [6.07, 6.45) is -2.57. The molecule has 4 N–H and O–H groups in total. The van der Waals surface area contributed by atoms with E-state index in [-0.39, 0.29) is 18.8 Å². The number of aliphatic hydroxyl groups excluding tert-OH is 1. The number of anilines is 2. The Kier molecular flexibility index (Phi) is 5.65. The number of hydrogen-bond acceptors (Lipinski definition) is 4. The molecule has 0 aliphatic heterocycles.